The number of morpholine rings is 1. The molecule has 2 saturated heterocycles. The number of hydrogen-bond acceptors (Lipinski definition) is 7. The van der Waals surface area contributed by atoms with Crippen molar-refractivity contribution in [1.29, 1.82) is 0 Å². The van der Waals surface area contributed by atoms with Crippen molar-refractivity contribution in [2.24, 2.45) is 5.92 Å². The smallest absolute Gasteiger partial charge is 0.293 e. The highest BCUT2D eigenvalue weighted by atomic mass is 32.2. The van der Waals surface area contributed by atoms with Crippen LogP contribution in [0.5, 0.6) is 0 Å². The van der Waals surface area contributed by atoms with Crippen molar-refractivity contribution in [2.45, 2.75) is 43.9 Å². The second-order valence-electron chi connectivity index (χ2n) is 10.5. The van der Waals surface area contributed by atoms with Gasteiger partial charge in [-0.2, -0.15) is 4.31 Å². The van der Waals surface area contributed by atoms with E-state index in [1.165, 1.54) is 16.4 Å². The molecule has 2 aliphatic heterocycles. The van der Waals surface area contributed by atoms with Gasteiger partial charge in [0.25, 0.3) is 5.69 Å². The zero-order valence-corrected chi connectivity index (χ0v) is 22.3. The fourth-order valence-corrected chi connectivity index (χ4v) is 6.31. The van der Waals surface area contributed by atoms with Crippen LogP contribution in [-0.2, 0) is 25.0 Å². The first-order valence-electron chi connectivity index (χ1n) is 12.5. The minimum Gasteiger partial charge on any atom is -0.379 e. The molecule has 11 heteroatoms. The number of nitro benzene ring substituents is 1. The van der Waals surface area contributed by atoms with Crippen LogP contribution < -0.4 is 10.2 Å². The average Bonchev–Trinajstić information content (AvgIpc) is 2.88. The molecule has 1 amide bonds. The van der Waals surface area contributed by atoms with Crippen molar-refractivity contribution in [1.82, 2.24) is 4.31 Å². The first kappa shape index (κ1) is 27.0. The van der Waals surface area contributed by atoms with E-state index in [0.717, 1.165) is 17.3 Å². The Balaban J connectivity index is 1.46. The number of nitrogens with zero attached hydrogens (tertiary/aromatic N) is 3. The molecule has 2 aromatic rings. The van der Waals surface area contributed by atoms with E-state index in [1.807, 2.05) is 29.2 Å². The number of nitro groups is 1. The van der Waals surface area contributed by atoms with Gasteiger partial charge in [-0.15, -0.1) is 0 Å². The molecule has 0 unspecified atom stereocenters. The van der Waals surface area contributed by atoms with E-state index in [0.29, 0.717) is 44.8 Å². The van der Waals surface area contributed by atoms with Gasteiger partial charge in [-0.1, -0.05) is 39.0 Å². The van der Waals surface area contributed by atoms with Crippen LogP contribution in [0.4, 0.5) is 17.1 Å². The highest BCUT2D eigenvalue weighted by molar-refractivity contribution is 7.89. The van der Waals surface area contributed by atoms with E-state index in [4.69, 9.17) is 4.74 Å². The summed E-state index contributed by atoms with van der Waals surface area (Å²) in [7, 11) is -3.85. The topological polar surface area (TPSA) is 122 Å². The van der Waals surface area contributed by atoms with Crippen LogP contribution in [0.2, 0.25) is 0 Å². The predicted octanol–water partition coefficient (Wildman–Crippen LogP) is 3.77. The van der Waals surface area contributed by atoms with Crippen LogP contribution in [0.25, 0.3) is 0 Å². The lowest BCUT2D eigenvalue weighted by atomic mass is 9.85. The van der Waals surface area contributed by atoms with Crippen molar-refractivity contribution >= 4 is 33.0 Å². The third kappa shape index (κ3) is 5.94. The molecule has 200 valence electrons. The van der Waals surface area contributed by atoms with Crippen molar-refractivity contribution in [3.05, 3.63) is 58.1 Å². The Labute approximate surface area is 217 Å². The summed E-state index contributed by atoms with van der Waals surface area (Å²) in [6.45, 7) is 8.22. The summed E-state index contributed by atoms with van der Waals surface area (Å²) in [6.07, 6.45) is 1.07. The van der Waals surface area contributed by atoms with Gasteiger partial charge in [-0.25, -0.2) is 8.42 Å². The van der Waals surface area contributed by atoms with Gasteiger partial charge in [0.1, 0.15) is 5.69 Å². The molecule has 0 aliphatic carbocycles. The molecule has 2 fully saturated rings. The standard InChI is InChI=1S/C26H34N4O6S/c1-26(2,3)21-6-4-5-7-22(21)27-25(31)19-10-12-28(13-11-19)23-9-8-20(18-24(23)30(32)33)37(34,35)29-14-16-36-17-15-29/h4-9,18-19H,10-17H2,1-3H3,(H,27,31). The monoisotopic (exact) mass is 530 g/mol. The third-order valence-electron chi connectivity index (χ3n) is 6.95. The first-order chi connectivity index (χ1) is 17.5. The molecular weight excluding hydrogens is 496 g/mol. The van der Waals surface area contributed by atoms with E-state index in [9.17, 15) is 23.3 Å². The van der Waals surface area contributed by atoms with Gasteiger partial charge >= 0.3 is 0 Å². The number of carbonyl (C=O) groups is 1. The minimum absolute atomic E-state index is 0.0576. The van der Waals surface area contributed by atoms with Crippen LogP contribution in [0, 0.1) is 16.0 Å². The van der Waals surface area contributed by atoms with Gasteiger partial charge in [-0.3, -0.25) is 14.9 Å². The second kappa shape index (κ2) is 10.8. The number of rotatable bonds is 6. The molecule has 0 aromatic heterocycles. The highest BCUT2D eigenvalue weighted by Gasteiger charge is 2.32. The maximum atomic E-state index is 13.1. The number of amides is 1. The number of para-hydroxylation sites is 1. The SMILES string of the molecule is CC(C)(C)c1ccccc1NC(=O)C1CCN(c2ccc(S(=O)(=O)N3CCOCC3)cc2[N+](=O)[O-])CC1. The number of nitrogens with one attached hydrogen (secondary N) is 1. The Morgan fingerprint density at radius 3 is 2.32 bits per heavy atom. The summed E-state index contributed by atoms with van der Waals surface area (Å²) in [5.41, 5.74) is 1.85. The Morgan fingerprint density at radius 2 is 1.70 bits per heavy atom. The van der Waals surface area contributed by atoms with Crippen molar-refractivity contribution in [2.75, 3.05) is 49.6 Å². The summed E-state index contributed by atoms with van der Waals surface area (Å²) < 4.78 is 32.5. The Bertz CT molecular complexity index is 1260. The van der Waals surface area contributed by atoms with Crippen molar-refractivity contribution < 1.29 is 22.9 Å². The van der Waals surface area contributed by atoms with Crippen molar-refractivity contribution in [3.63, 3.8) is 0 Å². The second-order valence-corrected chi connectivity index (χ2v) is 12.4. The van der Waals surface area contributed by atoms with Gasteiger partial charge in [-0.05, 0) is 42.0 Å². The average molecular weight is 531 g/mol. The van der Waals surface area contributed by atoms with Gasteiger partial charge in [0.15, 0.2) is 0 Å². The Morgan fingerprint density at radius 1 is 1.05 bits per heavy atom. The quantitative estimate of drug-likeness (QED) is 0.446. The lowest BCUT2D eigenvalue weighted by Crippen LogP contribution is -2.40. The molecule has 4 rings (SSSR count). The maximum absolute atomic E-state index is 13.1. The molecule has 10 nitrogen and oxygen atoms in total. The fraction of sp³-hybridized carbons (Fsp3) is 0.500. The van der Waals surface area contributed by atoms with E-state index in [2.05, 4.69) is 26.1 Å². The van der Waals surface area contributed by atoms with Crippen LogP contribution >= 0.6 is 0 Å². The Kier molecular flexibility index (Phi) is 7.86. The number of ether oxygens (including phenoxy) is 1. The van der Waals surface area contributed by atoms with Crippen LogP contribution in [0.1, 0.15) is 39.2 Å². The van der Waals surface area contributed by atoms with Crippen LogP contribution in [0.15, 0.2) is 47.4 Å². The van der Waals surface area contributed by atoms with Gasteiger partial charge < -0.3 is 15.0 Å². The molecule has 37 heavy (non-hydrogen) atoms. The summed E-state index contributed by atoms with van der Waals surface area (Å²) >= 11 is 0. The lowest BCUT2D eigenvalue weighted by Gasteiger charge is -2.33. The predicted molar refractivity (Wildman–Crippen MR) is 141 cm³/mol. The third-order valence-corrected chi connectivity index (χ3v) is 8.85. The van der Waals surface area contributed by atoms with Crippen LogP contribution in [0.3, 0.4) is 0 Å². The number of benzene rings is 2. The fourth-order valence-electron chi connectivity index (χ4n) is 4.88. The summed E-state index contributed by atoms with van der Waals surface area (Å²) in [5.74, 6) is -0.276. The van der Waals surface area contributed by atoms with Gasteiger partial charge in [0.2, 0.25) is 15.9 Å². The number of sulfonamides is 1. The molecule has 2 aliphatic rings. The summed E-state index contributed by atoms with van der Waals surface area (Å²) in [6, 6.07) is 11.8. The number of carbonyl (C=O) groups excluding carboxylic acids is 1. The zero-order chi connectivity index (χ0) is 26.8. The summed E-state index contributed by atoms with van der Waals surface area (Å²) in [4.78, 5) is 26.2. The molecule has 0 radical (unpaired) electrons. The van der Waals surface area contributed by atoms with E-state index in [-0.39, 0.29) is 40.9 Å². The molecular formula is C26H34N4O6S. The molecule has 2 aromatic carbocycles. The first-order valence-corrected chi connectivity index (χ1v) is 13.9. The molecule has 0 atom stereocenters. The highest BCUT2D eigenvalue weighted by Crippen LogP contribution is 2.35. The molecule has 0 bridgehead atoms. The van der Waals surface area contributed by atoms with E-state index >= 15 is 0 Å². The summed E-state index contributed by atoms with van der Waals surface area (Å²) in [5, 5.41) is 15.0. The number of anilines is 2. The van der Waals surface area contributed by atoms with Crippen molar-refractivity contribution in [3.8, 4) is 0 Å². The zero-order valence-electron chi connectivity index (χ0n) is 21.5. The molecule has 0 spiro atoms. The van der Waals surface area contributed by atoms with E-state index < -0.39 is 14.9 Å². The molecule has 0 saturated carbocycles. The van der Waals surface area contributed by atoms with Gasteiger partial charge in [0, 0.05) is 43.9 Å². The molecule has 1 N–H and O–H groups in total. The van der Waals surface area contributed by atoms with E-state index in [1.54, 1.807) is 0 Å². The lowest BCUT2D eigenvalue weighted by molar-refractivity contribution is -0.384. The number of hydrogen-bond donors (Lipinski definition) is 1. The van der Waals surface area contributed by atoms with Gasteiger partial charge in [0.05, 0.1) is 23.0 Å². The Hall–Kier alpha value is -3.02. The normalized spacial score (nSPS) is 18.0. The molecule has 2 heterocycles. The maximum Gasteiger partial charge on any atom is 0.293 e. The number of piperidine rings is 1. The minimum atomic E-state index is -3.85. The van der Waals surface area contributed by atoms with Crippen LogP contribution in [-0.4, -0.2) is 62.9 Å². The largest absolute Gasteiger partial charge is 0.379 e.